The van der Waals surface area contributed by atoms with Crippen molar-refractivity contribution in [2.24, 2.45) is 0 Å². The van der Waals surface area contributed by atoms with Gasteiger partial charge in [-0.3, -0.25) is 0 Å². The summed E-state index contributed by atoms with van der Waals surface area (Å²) in [6.07, 6.45) is 0. The Kier molecular flexibility index (Phi) is 6.86. The molecule has 0 unspecified atom stereocenters. The van der Waals surface area contributed by atoms with Crippen LogP contribution in [0.15, 0.2) is 180 Å². The van der Waals surface area contributed by atoms with Crippen molar-refractivity contribution in [2.45, 2.75) is 0 Å². The minimum absolute atomic E-state index is 0.634. The van der Waals surface area contributed by atoms with Gasteiger partial charge in [-0.05, 0) is 98.1 Å². The van der Waals surface area contributed by atoms with E-state index in [4.69, 9.17) is 9.40 Å². The molecule has 1 heterocycles. The largest absolute Gasteiger partial charge is 0.436 e. The van der Waals surface area contributed by atoms with Crippen LogP contribution in [0.3, 0.4) is 0 Å². The van der Waals surface area contributed by atoms with Gasteiger partial charge in [0.2, 0.25) is 5.89 Å². The molecular formula is C43H29NO. The Labute approximate surface area is 262 Å². The fourth-order valence-electron chi connectivity index (χ4n) is 5.91. The van der Waals surface area contributed by atoms with Crippen molar-refractivity contribution in [1.29, 1.82) is 0 Å². The third-order valence-corrected chi connectivity index (χ3v) is 8.33. The smallest absolute Gasteiger partial charge is 0.227 e. The Morgan fingerprint density at radius 3 is 1.11 bits per heavy atom. The lowest BCUT2D eigenvalue weighted by Gasteiger charge is -2.12. The topological polar surface area (TPSA) is 26.0 Å². The van der Waals surface area contributed by atoms with Crippen LogP contribution in [0.25, 0.3) is 78.2 Å². The minimum atomic E-state index is 0.634. The molecule has 0 bridgehead atoms. The van der Waals surface area contributed by atoms with Gasteiger partial charge in [-0.2, -0.15) is 0 Å². The normalized spacial score (nSPS) is 11.1. The molecule has 0 aliphatic heterocycles. The van der Waals surface area contributed by atoms with Crippen molar-refractivity contribution in [2.75, 3.05) is 0 Å². The highest BCUT2D eigenvalue weighted by Crippen LogP contribution is 2.36. The van der Waals surface area contributed by atoms with Gasteiger partial charge in [0.1, 0.15) is 5.52 Å². The number of aromatic nitrogens is 1. The lowest BCUT2D eigenvalue weighted by molar-refractivity contribution is 0.620. The highest BCUT2D eigenvalue weighted by atomic mass is 16.3. The van der Waals surface area contributed by atoms with E-state index in [2.05, 4.69) is 140 Å². The van der Waals surface area contributed by atoms with Gasteiger partial charge >= 0.3 is 0 Å². The molecule has 2 heteroatoms. The van der Waals surface area contributed by atoms with Crippen molar-refractivity contribution < 1.29 is 4.42 Å². The average molecular weight is 576 g/mol. The molecule has 0 spiro atoms. The molecule has 0 saturated carbocycles. The van der Waals surface area contributed by atoms with E-state index < -0.39 is 0 Å². The second kappa shape index (κ2) is 11.6. The quantitative estimate of drug-likeness (QED) is 0.197. The summed E-state index contributed by atoms with van der Waals surface area (Å²) in [6, 6.07) is 61.9. The summed E-state index contributed by atoms with van der Waals surface area (Å²) in [4.78, 5) is 4.84. The van der Waals surface area contributed by atoms with E-state index in [9.17, 15) is 0 Å². The zero-order valence-corrected chi connectivity index (χ0v) is 24.6. The Morgan fingerprint density at radius 2 is 0.644 bits per heavy atom. The summed E-state index contributed by atoms with van der Waals surface area (Å²) in [5, 5.41) is 0. The Bertz CT molecular complexity index is 2110. The first-order valence-corrected chi connectivity index (χ1v) is 15.2. The first-order chi connectivity index (χ1) is 22.3. The van der Waals surface area contributed by atoms with E-state index in [1.165, 1.54) is 44.5 Å². The van der Waals surface area contributed by atoms with E-state index in [0.717, 1.165) is 27.8 Å². The summed E-state index contributed by atoms with van der Waals surface area (Å²) >= 11 is 0. The van der Waals surface area contributed by atoms with Crippen molar-refractivity contribution in [3.8, 4) is 67.1 Å². The second-order valence-corrected chi connectivity index (χ2v) is 11.3. The van der Waals surface area contributed by atoms with Crippen LogP contribution in [0, 0.1) is 0 Å². The van der Waals surface area contributed by atoms with Gasteiger partial charge in [0.25, 0.3) is 0 Å². The van der Waals surface area contributed by atoms with Gasteiger partial charge in [0, 0.05) is 5.56 Å². The SMILES string of the molecule is c1ccc(-c2ccc(-c3cc(-c4ccc(-c5ccccc5)cc4)cc(-c4ccc5oc(-c6ccccc6)nc5c4)c3)cc2)cc1. The average Bonchev–Trinajstić information content (AvgIpc) is 3.57. The Balaban J connectivity index is 1.22. The molecule has 8 rings (SSSR count). The maximum absolute atomic E-state index is 6.12. The van der Waals surface area contributed by atoms with Crippen molar-refractivity contribution in [3.05, 3.63) is 176 Å². The number of nitrogens with zero attached hydrogens (tertiary/aromatic N) is 1. The number of oxazole rings is 1. The monoisotopic (exact) mass is 575 g/mol. The predicted molar refractivity (Wildman–Crippen MR) is 187 cm³/mol. The van der Waals surface area contributed by atoms with Crippen LogP contribution >= 0.6 is 0 Å². The molecule has 2 nitrogen and oxygen atoms in total. The zero-order chi connectivity index (χ0) is 30.0. The van der Waals surface area contributed by atoms with E-state index in [1.54, 1.807) is 0 Å². The summed E-state index contributed by atoms with van der Waals surface area (Å²) in [5.74, 6) is 0.634. The van der Waals surface area contributed by atoms with Crippen molar-refractivity contribution >= 4 is 11.1 Å². The molecule has 0 amide bonds. The van der Waals surface area contributed by atoms with Crippen LogP contribution in [0.2, 0.25) is 0 Å². The lowest BCUT2D eigenvalue weighted by Crippen LogP contribution is -1.87. The van der Waals surface area contributed by atoms with E-state index in [1.807, 2.05) is 36.4 Å². The van der Waals surface area contributed by atoms with Gasteiger partial charge in [0.15, 0.2) is 5.58 Å². The molecule has 0 aliphatic rings. The van der Waals surface area contributed by atoms with Crippen LogP contribution < -0.4 is 0 Å². The molecule has 0 N–H and O–H groups in total. The summed E-state index contributed by atoms with van der Waals surface area (Å²) in [5.41, 5.74) is 14.3. The standard InChI is InChI=1S/C43H29NO/c1-4-10-30(11-5-1)32-16-20-34(21-17-32)38-26-39(35-22-18-33(19-23-35)31-12-6-2-7-13-31)28-40(27-38)37-24-25-42-41(29-37)44-43(45-42)36-14-8-3-9-15-36/h1-29H. The van der Waals surface area contributed by atoms with Crippen molar-refractivity contribution in [1.82, 2.24) is 4.98 Å². The van der Waals surface area contributed by atoms with Crippen LogP contribution in [0.1, 0.15) is 0 Å². The van der Waals surface area contributed by atoms with E-state index in [0.29, 0.717) is 5.89 Å². The summed E-state index contributed by atoms with van der Waals surface area (Å²) < 4.78 is 6.12. The molecular weight excluding hydrogens is 546 g/mol. The summed E-state index contributed by atoms with van der Waals surface area (Å²) in [7, 11) is 0. The third kappa shape index (κ3) is 5.46. The van der Waals surface area contributed by atoms with Gasteiger partial charge in [-0.15, -0.1) is 0 Å². The second-order valence-electron chi connectivity index (χ2n) is 11.3. The molecule has 0 atom stereocenters. The number of hydrogen-bond donors (Lipinski definition) is 0. The van der Waals surface area contributed by atoms with Crippen LogP contribution in [0.4, 0.5) is 0 Å². The van der Waals surface area contributed by atoms with Gasteiger partial charge in [-0.1, -0.05) is 133 Å². The van der Waals surface area contributed by atoms with Gasteiger partial charge in [0.05, 0.1) is 0 Å². The molecule has 212 valence electrons. The Hall–Kier alpha value is -5.99. The summed E-state index contributed by atoms with van der Waals surface area (Å²) in [6.45, 7) is 0. The van der Waals surface area contributed by atoms with Gasteiger partial charge in [-0.25, -0.2) is 4.98 Å². The lowest BCUT2D eigenvalue weighted by atomic mass is 9.92. The molecule has 7 aromatic carbocycles. The molecule has 0 aliphatic carbocycles. The molecule has 0 radical (unpaired) electrons. The highest BCUT2D eigenvalue weighted by Gasteiger charge is 2.12. The number of hydrogen-bond acceptors (Lipinski definition) is 2. The third-order valence-electron chi connectivity index (χ3n) is 8.33. The Morgan fingerprint density at radius 1 is 0.289 bits per heavy atom. The van der Waals surface area contributed by atoms with Crippen LogP contribution in [-0.4, -0.2) is 4.98 Å². The first-order valence-electron chi connectivity index (χ1n) is 15.2. The number of rotatable bonds is 6. The van der Waals surface area contributed by atoms with Crippen molar-refractivity contribution in [3.63, 3.8) is 0 Å². The van der Waals surface area contributed by atoms with E-state index >= 15 is 0 Å². The van der Waals surface area contributed by atoms with Crippen LogP contribution in [-0.2, 0) is 0 Å². The van der Waals surface area contributed by atoms with Gasteiger partial charge < -0.3 is 4.42 Å². The molecule has 45 heavy (non-hydrogen) atoms. The molecule has 0 saturated heterocycles. The maximum atomic E-state index is 6.12. The minimum Gasteiger partial charge on any atom is -0.436 e. The molecule has 0 fully saturated rings. The van der Waals surface area contributed by atoms with E-state index in [-0.39, 0.29) is 0 Å². The zero-order valence-electron chi connectivity index (χ0n) is 24.6. The molecule has 1 aromatic heterocycles. The number of fused-ring (bicyclic) bond motifs is 1. The first kappa shape index (κ1) is 26.6. The molecule has 8 aromatic rings. The van der Waals surface area contributed by atoms with Crippen LogP contribution in [0.5, 0.6) is 0 Å². The maximum Gasteiger partial charge on any atom is 0.227 e. The highest BCUT2D eigenvalue weighted by molar-refractivity contribution is 5.87. The fourth-order valence-corrected chi connectivity index (χ4v) is 5.91. The number of benzene rings is 7. The fraction of sp³-hybridized carbons (Fsp3) is 0. The predicted octanol–water partition coefficient (Wildman–Crippen LogP) is 11.8.